The van der Waals surface area contributed by atoms with E-state index in [9.17, 15) is 18.0 Å². The summed E-state index contributed by atoms with van der Waals surface area (Å²) in [5.74, 6) is 0.393. The van der Waals surface area contributed by atoms with Crippen molar-refractivity contribution in [3.05, 3.63) is 41.6 Å². The van der Waals surface area contributed by atoms with Gasteiger partial charge in [0.05, 0.1) is 11.1 Å². The number of hydrogen-bond donors (Lipinski definition) is 3. The lowest BCUT2D eigenvalue weighted by Crippen LogP contribution is -2.43. The highest BCUT2D eigenvalue weighted by molar-refractivity contribution is 6.03. The highest BCUT2D eigenvalue weighted by atomic mass is 19.4. The number of aromatic nitrogens is 4. The Kier molecular flexibility index (Phi) is 5.08. The number of nitrogens with one attached hydrogen (secondary N) is 3. The molecule has 1 aliphatic heterocycles. The molecule has 3 aromatic heterocycles. The Morgan fingerprint density at radius 2 is 1.94 bits per heavy atom. The van der Waals surface area contributed by atoms with Gasteiger partial charge in [0.15, 0.2) is 5.65 Å². The number of fused-ring (bicyclic) bond motifs is 1. The van der Waals surface area contributed by atoms with Crippen molar-refractivity contribution in [3.8, 4) is 0 Å². The van der Waals surface area contributed by atoms with E-state index in [0.29, 0.717) is 5.56 Å². The predicted octanol–water partition coefficient (Wildman–Crippen LogP) is 2.38. The van der Waals surface area contributed by atoms with E-state index in [1.807, 2.05) is 0 Å². The van der Waals surface area contributed by atoms with Crippen LogP contribution in [-0.2, 0) is 6.18 Å². The summed E-state index contributed by atoms with van der Waals surface area (Å²) in [6.45, 7) is 3.41. The van der Waals surface area contributed by atoms with Crippen LogP contribution in [-0.4, -0.2) is 57.7 Å². The molecule has 3 N–H and O–H groups in total. The molecule has 0 spiro atoms. The molecule has 168 valence electrons. The summed E-state index contributed by atoms with van der Waals surface area (Å²) in [4.78, 5) is 23.2. The first-order valence-corrected chi connectivity index (χ1v) is 10.3. The van der Waals surface area contributed by atoms with Crippen molar-refractivity contribution in [2.75, 3.05) is 41.7 Å². The fourth-order valence-electron chi connectivity index (χ4n) is 3.52. The third-order valence-electron chi connectivity index (χ3n) is 5.37. The number of halogens is 3. The van der Waals surface area contributed by atoms with Gasteiger partial charge in [0.1, 0.15) is 11.6 Å². The smallest absolute Gasteiger partial charge is 0.367 e. The summed E-state index contributed by atoms with van der Waals surface area (Å²) < 4.78 is 41.1. The van der Waals surface area contributed by atoms with E-state index < -0.39 is 17.6 Å². The van der Waals surface area contributed by atoms with E-state index in [0.717, 1.165) is 57.0 Å². The highest BCUT2D eigenvalue weighted by Crippen LogP contribution is 2.33. The summed E-state index contributed by atoms with van der Waals surface area (Å²) in [7, 11) is 0. The first-order chi connectivity index (χ1) is 15.4. The molecular formula is C20H21F3N8O. The van der Waals surface area contributed by atoms with Gasteiger partial charge in [0.2, 0.25) is 5.95 Å². The number of amides is 1. The lowest BCUT2D eigenvalue weighted by molar-refractivity contribution is -0.137. The second kappa shape index (κ2) is 7.93. The van der Waals surface area contributed by atoms with E-state index in [-0.39, 0.29) is 23.5 Å². The molecule has 1 aliphatic carbocycles. The minimum atomic E-state index is -4.52. The third-order valence-corrected chi connectivity index (χ3v) is 5.37. The van der Waals surface area contributed by atoms with Gasteiger partial charge in [-0.15, -0.1) is 5.10 Å². The number of carbonyl (C=O) groups is 1. The first kappa shape index (κ1) is 20.5. The molecule has 0 atom stereocenters. The first-order valence-electron chi connectivity index (χ1n) is 10.3. The lowest BCUT2D eigenvalue weighted by Gasteiger charge is -2.28. The van der Waals surface area contributed by atoms with Crippen LogP contribution < -0.4 is 20.9 Å². The van der Waals surface area contributed by atoms with Crippen molar-refractivity contribution in [1.29, 1.82) is 0 Å². The van der Waals surface area contributed by atoms with Crippen LogP contribution in [0, 0.1) is 0 Å². The van der Waals surface area contributed by atoms with E-state index in [4.69, 9.17) is 0 Å². The van der Waals surface area contributed by atoms with Crippen LogP contribution in [0.4, 0.5) is 30.8 Å². The molecule has 0 unspecified atom stereocenters. The Labute approximate surface area is 181 Å². The second-order valence-corrected chi connectivity index (χ2v) is 7.85. The molecule has 3 aromatic rings. The zero-order valence-electron chi connectivity index (χ0n) is 17.0. The maximum absolute atomic E-state index is 13.3. The molecule has 5 rings (SSSR count). The third kappa shape index (κ3) is 4.31. The molecule has 2 aliphatic rings. The lowest BCUT2D eigenvalue weighted by atomic mass is 10.2. The topological polar surface area (TPSA) is 99.5 Å². The molecule has 0 bridgehead atoms. The van der Waals surface area contributed by atoms with Crippen molar-refractivity contribution in [3.63, 3.8) is 0 Å². The van der Waals surface area contributed by atoms with Crippen molar-refractivity contribution < 1.29 is 18.0 Å². The molecule has 0 radical (unpaired) electrons. The summed E-state index contributed by atoms with van der Waals surface area (Å²) in [6, 6.07) is 5.45. The summed E-state index contributed by atoms with van der Waals surface area (Å²) >= 11 is 0. The largest absolute Gasteiger partial charge is 0.416 e. The number of nitrogens with zero attached hydrogens (tertiary/aromatic N) is 5. The van der Waals surface area contributed by atoms with Gasteiger partial charge < -0.3 is 15.5 Å². The van der Waals surface area contributed by atoms with E-state index in [2.05, 4.69) is 35.9 Å². The Morgan fingerprint density at radius 3 is 2.59 bits per heavy atom. The van der Waals surface area contributed by atoms with Crippen LogP contribution >= 0.6 is 0 Å². The van der Waals surface area contributed by atoms with Gasteiger partial charge in [-0.05, 0) is 37.1 Å². The molecule has 1 amide bonds. The second-order valence-electron chi connectivity index (χ2n) is 7.85. The van der Waals surface area contributed by atoms with Crippen LogP contribution in [0.3, 0.4) is 0 Å². The normalized spacial score (nSPS) is 16.9. The molecule has 1 saturated heterocycles. The fraction of sp³-hybridized carbons (Fsp3) is 0.400. The number of rotatable bonds is 5. The zero-order chi connectivity index (χ0) is 22.3. The summed E-state index contributed by atoms with van der Waals surface area (Å²) in [5.41, 5.74) is -0.536. The number of hydrogen-bond acceptors (Lipinski definition) is 7. The Morgan fingerprint density at radius 1 is 1.16 bits per heavy atom. The van der Waals surface area contributed by atoms with E-state index in [1.165, 1.54) is 10.7 Å². The number of pyridine rings is 2. The zero-order valence-corrected chi connectivity index (χ0v) is 17.0. The van der Waals surface area contributed by atoms with Gasteiger partial charge in [0, 0.05) is 38.4 Å². The minimum Gasteiger partial charge on any atom is -0.367 e. The van der Waals surface area contributed by atoms with Gasteiger partial charge in [-0.1, -0.05) is 0 Å². The van der Waals surface area contributed by atoms with Gasteiger partial charge in [-0.3, -0.25) is 10.1 Å². The standard InChI is InChI=1S/C20H21F3N8O/c21-20(22,23)13-9-16(26-14-2-3-14)31-17(10-13)27-19(29-31)28-18(32)12-1-4-15(25-11-12)30-7-5-24-6-8-30/h1,4,9-11,14,24,26H,2-3,5-8H2,(H,28,29,32). The highest BCUT2D eigenvalue weighted by Gasteiger charge is 2.33. The number of carbonyl (C=O) groups excluding carboxylic acids is 1. The van der Waals surface area contributed by atoms with Gasteiger partial charge >= 0.3 is 6.18 Å². The van der Waals surface area contributed by atoms with Crippen molar-refractivity contribution in [2.24, 2.45) is 0 Å². The molecule has 2 fully saturated rings. The molecule has 0 aromatic carbocycles. The van der Waals surface area contributed by atoms with E-state index >= 15 is 0 Å². The minimum absolute atomic E-state index is 0.00884. The number of anilines is 3. The Balaban J connectivity index is 1.36. The maximum Gasteiger partial charge on any atom is 0.416 e. The summed E-state index contributed by atoms with van der Waals surface area (Å²) in [5, 5.41) is 13.0. The Hall–Kier alpha value is -3.41. The van der Waals surface area contributed by atoms with Crippen LogP contribution in [0.15, 0.2) is 30.5 Å². The molecular weight excluding hydrogens is 425 g/mol. The molecule has 32 heavy (non-hydrogen) atoms. The molecule has 4 heterocycles. The van der Waals surface area contributed by atoms with Crippen LogP contribution in [0.2, 0.25) is 0 Å². The van der Waals surface area contributed by atoms with Crippen molar-refractivity contribution >= 4 is 29.1 Å². The summed E-state index contributed by atoms with van der Waals surface area (Å²) in [6.07, 6.45) is -1.29. The SMILES string of the molecule is O=C(Nc1nc2cc(C(F)(F)F)cc(NC3CC3)n2n1)c1ccc(N2CCNCC2)nc1. The molecule has 1 saturated carbocycles. The molecule has 9 nitrogen and oxygen atoms in total. The predicted molar refractivity (Wildman–Crippen MR) is 112 cm³/mol. The Bertz CT molecular complexity index is 1130. The average Bonchev–Trinajstić information content (AvgIpc) is 3.50. The van der Waals surface area contributed by atoms with Crippen molar-refractivity contribution in [2.45, 2.75) is 25.1 Å². The van der Waals surface area contributed by atoms with Crippen molar-refractivity contribution in [1.82, 2.24) is 24.9 Å². The number of piperazine rings is 1. The average molecular weight is 446 g/mol. The van der Waals surface area contributed by atoms with Gasteiger partial charge in [0.25, 0.3) is 5.91 Å². The van der Waals surface area contributed by atoms with Crippen LogP contribution in [0.5, 0.6) is 0 Å². The van der Waals surface area contributed by atoms with Gasteiger partial charge in [-0.25, -0.2) is 4.98 Å². The monoisotopic (exact) mass is 446 g/mol. The fourth-order valence-corrected chi connectivity index (χ4v) is 3.52. The van der Waals surface area contributed by atoms with Crippen LogP contribution in [0.1, 0.15) is 28.8 Å². The quantitative estimate of drug-likeness (QED) is 0.553. The number of alkyl halides is 3. The maximum atomic E-state index is 13.3. The van der Waals surface area contributed by atoms with Gasteiger partial charge in [-0.2, -0.15) is 22.7 Å². The van der Waals surface area contributed by atoms with E-state index in [1.54, 1.807) is 12.1 Å². The van der Waals surface area contributed by atoms with Crippen LogP contribution in [0.25, 0.3) is 5.65 Å². The molecule has 12 heteroatoms.